The molecule has 3 heteroatoms. The molecule has 0 N–H and O–H groups in total. The second-order valence-electron chi connectivity index (χ2n) is 10.1. The zero-order chi connectivity index (χ0) is 25.8. The Hall–Kier alpha value is -4.31. The minimum Gasteiger partial charge on any atom is -0.309 e. The van der Waals surface area contributed by atoms with Crippen LogP contribution in [0, 0.1) is 0 Å². The van der Waals surface area contributed by atoms with Crippen LogP contribution in [0.5, 0.6) is 0 Å². The van der Waals surface area contributed by atoms with Gasteiger partial charge in [-0.3, -0.25) is 0 Å². The van der Waals surface area contributed by atoms with Crippen molar-refractivity contribution in [1.82, 2.24) is 4.57 Å². The fourth-order valence-electron chi connectivity index (χ4n) is 6.57. The van der Waals surface area contributed by atoms with Crippen molar-refractivity contribution in [2.24, 2.45) is 0 Å². The van der Waals surface area contributed by atoms with E-state index in [1.165, 1.54) is 58.0 Å². The standard InChI is InChI=1S/C36H25NSSi/c1-4-14-26(15-5-1)37-30-21-11-10-20-29(30)35-31(37)24-25-34-36(35)38-32-22-12-13-23-33(32)39(34,27-16-6-2-7-17-27)28-18-8-3-9-19-28/h1-25H. The molecular weight excluding hydrogens is 507 g/mol. The van der Waals surface area contributed by atoms with E-state index in [4.69, 9.17) is 0 Å². The SMILES string of the molecule is c1ccc(-n2c3ccccc3c3c4c(ccc32)[Si](c2ccccc2)(c2ccccc2)c2ccccc2S4)cc1. The highest BCUT2D eigenvalue weighted by molar-refractivity contribution is 8.00. The molecule has 184 valence electrons. The molecule has 0 aliphatic carbocycles. The van der Waals surface area contributed by atoms with Crippen LogP contribution in [0.2, 0.25) is 0 Å². The van der Waals surface area contributed by atoms with Crippen molar-refractivity contribution in [3.05, 3.63) is 152 Å². The first-order valence-corrected chi connectivity index (χ1v) is 16.2. The topological polar surface area (TPSA) is 4.93 Å². The normalized spacial score (nSPS) is 13.7. The second-order valence-corrected chi connectivity index (χ2v) is 14.9. The summed E-state index contributed by atoms with van der Waals surface area (Å²) < 4.78 is 2.43. The van der Waals surface area contributed by atoms with E-state index in [0.717, 1.165) is 0 Å². The summed E-state index contributed by atoms with van der Waals surface area (Å²) in [5.41, 5.74) is 3.70. The Morgan fingerprint density at radius 1 is 0.462 bits per heavy atom. The van der Waals surface area contributed by atoms with Crippen LogP contribution < -0.4 is 20.7 Å². The van der Waals surface area contributed by atoms with Crippen LogP contribution >= 0.6 is 11.8 Å². The van der Waals surface area contributed by atoms with Gasteiger partial charge in [0.2, 0.25) is 0 Å². The zero-order valence-electron chi connectivity index (χ0n) is 21.3. The maximum Gasteiger partial charge on any atom is 0.181 e. The van der Waals surface area contributed by atoms with Gasteiger partial charge in [0.1, 0.15) is 0 Å². The highest BCUT2D eigenvalue weighted by Crippen LogP contribution is 2.42. The number of hydrogen-bond donors (Lipinski definition) is 0. The number of aromatic nitrogens is 1. The number of nitrogens with zero attached hydrogens (tertiary/aromatic N) is 1. The first-order valence-electron chi connectivity index (χ1n) is 13.4. The molecule has 2 heterocycles. The Morgan fingerprint density at radius 3 is 1.77 bits per heavy atom. The van der Waals surface area contributed by atoms with E-state index in [0.29, 0.717) is 0 Å². The highest BCUT2D eigenvalue weighted by Gasteiger charge is 2.47. The minimum absolute atomic E-state index is 1.19. The van der Waals surface area contributed by atoms with E-state index < -0.39 is 8.07 Å². The highest BCUT2D eigenvalue weighted by atomic mass is 32.2. The van der Waals surface area contributed by atoms with E-state index in [9.17, 15) is 0 Å². The largest absolute Gasteiger partial charge is 0.309 e. The molecule has 1 aliphatic heterocycles. The van der Waals surface area contributed by atoms with Crippen LogP contribution in [0.3, 0.4) is 0 Å². The molecular formula is C36H25NSSi. The molecule has 39 heavy (non-hydrogen) atoms. The lowest BCUT2D eigenvalue weighted by Gasteiger charge is -2.40. The van der Waals surface area contributed by atoms with Crippen LogP contribution in [0.25, 0.3) is 27.5 Å². The summed E-state index contributed by atoms with van der Waals surface area (Å²) in [4.78, 5) is 2.77. The summed E-state index contributed by atoms with van der Waals surface area (Å²) in [5, 5.41) is 8.48. The third-order valence-corrected chi connectivity index (χ3v) is 14.6. The van der Waals surface area contributed by atoms with Gasteiger partial charge in [-0.05, 0) is 51.1 Å². The van der Waals surface area contributed by atoms with Gasteiger partial charge in [0.05, 0.1) is 11.0 Å². The summed E-state index contributed by atoms with van der Waals surface area (Å²) in [7, 11) is -2.58. The van der Waals surface area contributed by atoms with Gasteiger partial charge in [-0.15, -0.1) is 0 Å². The number of benzene rings is 6. The Kier molecular flexibility index (Phi) is 5.15. The minimum atomic E-state index is -2.58. The quantitative estimate of drug-likeness (QED) is 0.232. The first-order chi connectivity index (χ1) is 19.4. The number of rotatable bonds is 3. The lowest BCUT2D eigenvalue weighted by molar-refractivity contribution is 1.18. The van der Waals surface area contributed by atoms with Crippen molar-refractivity contribution in [2.45, 2.75) is 9.79 Å². The molecule has 0 radical (unpaired) electrons. The number of fused-ring (bicyclic) bond motifs is 6. The van der Waals surface area contributed by atoms with Gasteiger partial charge in [0.15, 0.2) is 8.07 Å². The maximum atomic E-state index is 2.45. The number of para-hydroxylation sites is 2. The van der Waals surface area contributed by atoms with Crippen molar-refractivity contribution in [1.29, 1.82) is 0 Å². The van der Waals surface area contributed by atoms with Crippen LogP contribution in [0.15, 0.2) is 161 Å². The van der Waals surface area contributed by atoms with Crippen molar-refractivity contribution < 1.29 is 0 Å². The molecule has 0 spiro atoms. The van der Waals surface area contributed by atoms with Gasteiger partial charge < -0.3 is 4.57 Å². The van der Waals surface area contributed by atoms with Gasteiger partial charge >= 0.3 is 0 Å². The third-order valence-electron chi connectivity index (χ3n) is 8.13. The molecule has 0 fully saturated rings. The van der Waals surface area contributed by atoms with E-state index in [1.807, 2.05) is 11.8 Å². The molecule has 6 aromatic carbocycles. The average Bonchev–Trinajstić information content (AvgIpc) is 3.36. The molecule has 0 saturated heterocycles. The van der Waals surface area contributed by atoms with E-state index in [2.05, 4.69) is 156 Å². The van der Waals surface area contributed by atoms with Crippen molar-refractivity contribution in [3.63, 3.8) is 0 Å². The first kappa shape index (κ1) is 22.7. The van der Waals surface area contributed by atoms with Gasteiger partial charge in [-0.2, -0.15) is 0 Å². The molecule has 0 saturated carbocycles. The zero-order valence-corrected chi connectivity index (χ0v) is 23.1. The molecule has 7 aromatic rings. The van der Waals surface area contributed by atoms with Crippen LogP contribution in [0.1, 0.15) is 0 Å². The Balaban J connectivity index is 1.57. The average molecular weight is 532 g/mol. The fraction of sp³-hybridized carbons (Fsp3) is 0. The summed E-state index contributed by atoms with van der Waals surface area (Å²) in [6.45, 7) is 0. The lowest BCUT2D eigenvalue weighted by Crippen LogP contribution is -2.76. The Bertz CT molecular complexity index is 1940. The van der Waals surface area contributed by atoms with Gasteiger partial charge in [0, 0.05) is 26.3 Å². The van der Waals surface area contributed by atoms with E-state index in [1.54, 1.807) is 0 Å². The van der Waals surface area contributed by atoms with Crippen molar-refractivity contribution in [3.8, 4) is 5.69 Å². The summed E-state index contributed by atoms with van der Waals surface area (Å²) >= 11 is 1.95. The monoisotopic (exact) mass is 531 g/mol. The molecule has 1 aromatic heterocycles. The predicted molar refractivity (Wildman–Crippen MR) is 169 cm³/mol. The smallest absolute Gasteiger partial charge is 0.181 e. The molecule has 0 atom stereocenters. The second kappa shape index (κ2) is 8.87. The van der Waals surface area contributed by atoms with Crippen LogP contribution in [-0.2, 0) is 0 Å². The van der Waals surface area contributed by atoms with Crippen molar-refractivity contribution >= 4 is 62.4 Å². The summed E-state index contributed by atoms with van der Waals surface area (Å²) in [6, 6.07) is 56.1. The molecule has 0 unspecified atom stereocenters. The van der Waals surface area contributed by atoms with Gasteiger partial charge in [0.25, 0.3) is 0 Å². The van der Waals surface area contributed by atoms with E-state index in [-0.39, 0.29) is 0 Å². The maximum absolute atomic E-state index is 2.58. The van der Waals surface area contributed by atoms with Gasteiger partial charge in [-0.1, -0.05) is 133 Å². The predicted octanol–water partition coefficient (Wildman–Crippen LogP) is 6.63. The molecule has 1 nitrogen and oxygen atoms in total. The van der Waals surface area contributed by atoms with Crippen LogP contribution in [-0.4, -0.2) is 12.6 Å². The Labute approximate surface area is 233 Å². The van der Waals surface area contributed by atoms with E-state index >= 15 is 0 Å². The van der Waals surface area contributed by atoms with Gasteiger partial charge in [-0.25, -0.2) is 0 Å². The Morgan fingerprint density at radius 2 is 1.05 bits per heavy atom. The molecule has 0 amide bonds. The summed E-state index contributed by atoms with van der Waals surface area (Å²) in [6.07, 6.45) is 0. The molecule has 8 rings (SSSR count). The number of hydrogen-bond acceptors (Lipinski definition) is 1. The fourth-order valence-corrected chi connectivity index (χ4v) is 13.7. The lowest BCUT2D eigenvalue weighted by atomic mass is 10.1. The molecule has 1 aliphatic rings. The van der Waals surface area contributed by atoms with Crippen LogP contribution in [0.4, 0.5) is 0 Å². The molecule has 0 bridgehead atoms. The third kappa shape index (κ3) is 3.21. The summed E-state index contributed by atoms with van der Waals surface area (Å²) in [5.74, 6) is 0. The van der Waals surface area contributed by atoms with Crippen molar-refractivity contribution in [2.75, 3.05) is 0 Å².